The van der Waals surface area contributed by atoms with Crippen LogP contribution in [0.1, 0.15) is 30.5 Å². The summed E-state index contributed by atoms with van der Waals surface area (Å²) in [5.41, 5.74) is 2.68. The van der Waals surface area contributed by atoms with Gasteiger partial charge in [0.1, 0.15) is 5.82 Å². The van der Waals surface area contributed by atoms with Crippen LogP contribution in [0.2, 0.25) is 0 Å². The first-order valence-corrected chi connectivity index (χ1v) is 5.86. The molecule has 0 saturated carbocycles. The summed E-state index contributed by atoms with van der Waals surface area (Å²) in [5.74, 6) is 1.36. The van der Waals surface area contributed by atoms with Gasteiger partial charge in [-0.25, -0.2) is 0 Å². The van der Waals surface area contributed by atoms with E-state index >= 15 is 0 Å². The lowest BCUT2D eigenvalue weighted by molar-refractivity contribution is 0.556. The molecule has 4 heteroatoms. The molecule has 0 atom stereocenters. The van der Waals surface area contributed by atoms with Gasteiger partial charge in [-0.2, -0.15) is 5.10 Å². The van der Waals surface area contributed by atoms with Crippen molar-refractivity contribution in [1.82, 2.24) is 15.1 Å². The van der Waals surface area contributed by atoms with Gasteiger partial charge >= 0.3 is 0 Å². The zero-order valence-corrected chi connectivity index (χ0v) is 9.29. The zero-order valence-electron chi connectivity index (χ0n) is 9.29. The smallest absolute Gasteiger partial charge is 0.131 e. The number of fused-ring (bicyclic) bond motifs is 1. The van der Waals surface area contributed by atoms with Crippen LogP contribution in [0.5, 0.6) is 0 Å². The molecule has 0 bridgehead atoms. The first kappa shape index (κ1) is 9.21. The predicted octanol–water partition coefficient (Wildman–Crippen LogP) is 1.01. The number of nitrogens with zero attached hydrogens (tertiary/aromatic N) is 3. The van der Waals surface area contributed by atoms with Crippen molar-refractivity contribution in [2.24, 2.45) is 7.05 Å². The number of hydrogen-bond donors (Lipinski definition) is 1. The number of nitrogens with one attached hydrogen (secondary N) is 1. The molecule has 3 heterocycles. The van der Waals surface area contributed by atoms with E-state index in [9.17, 15) is 0 Å². The summed E-state index contributed by atoms with van der Waals surface area (Å²) in [6.07, 6.45) is 4.04. The minimum Gasteiger partial charge on any atom is -0.357 e. The monoisotopic (exact) mass is 206 g/mol. The Hall–Kier alpha value is -1.03. The predicted molar refractivity (Wildman–Crippen MR) is 59.8 cm³/mol. The van der Waals surface area contributed by atoms with Crippen LogP contribution in [0.25, 0.3) is 0 Å². The van der Waals surface area contributed by atoms with Crippen molar-refractivity contribution in [3.8, 4) is 0 Å². The molecular formula is C11H18N4. The quantitative estimate of drug-likeness (QED) is 0.744. The van der Waals surface area contributed by atoms with Gasteiger partial charge in [-0.1, -0.05) is 0 Å². The van der Waals surface area contributed by atoms with Gasteiger partial charge in [0.05, 0.1) is 5.69 Å². The first-order chi connectivity index (χ1) is 7.36. The van der Waals surface area contributed by atoms with Crippen molar-refractivity contribution in [2.45, 2.75) is 32.4 Å². The maximum Gasteiger partial charge on any atom is 0.131 e. The Balaban J connectivity index is 1.95. The zero-order chi connectivity index (χ0) is 10.3. The maximum absolute atomic E-state index is 4.58. The number of rotatable bonds is 1. The number of aromatic nitrogens is 2. The summed E-state index contributed by atoms with van der Waals surface area (Å²) in [6, 6.07) is 0. The fourth-order valence-electron chi connectivity index (χ4n) is 2.74. The van der Waals surface area contributed by atoms with Crippen LogP contribution in [0.4, 0.5) is 5.82 Å². The highest BCUT2D eigenvalue weighted by Gasteiger charge is 2.24. The van der Waals surface area contributed by atoms with E-state index in [4.69, 9.17) is 0 Å². The van der Waals surface area contributed by atoms with Gasteiger partial charge in [0.25, 0.3) is 0 Å². The molecule has 1 N–H and O–H groups in total. The van der Waals surface area contributed by atoms with E-state index < -0.39 is 0 Å². The molecule has 2 aliphatic heterocycles. The third kappa shape index (κ3) is 1.44. The van der Waals surface area contributed by atoms with E-state index in [-0.39, 0.29) is 0 Å². The number of aryl methyl sites for hydroxylation is 1. The molecule has 0 unspecified atom stereocenters. The summed E-state index contributed by atoms with van der Waals surface area (Å²) < 4.78 is 2.07. The Morgan fingerprint density at radius 2 is 1.93 bits per heavy atom. The molecule has 1 aromatic heterocycles. The van der Waals surface area contributed by atoms with Gasteiger partial charge < -0.3 is 10.2 Å². The minimum atomic E-state index is 0.941. The van der Waals surface area contributed by atoms with Crippen molar-refractivity contribution in [1.29, 1.82) is 0 Å². The molecule has 1 saturated heterocycles. The largest absolute Gasteiger partial charge is 0.357 e. The first-order valence-electron chi connectivity index (χ1n) is 5.86. The third-order valence-electron chi connectivity index (χ3n) is 3.45. The van der Waals surface area contributed by atoms with E-state index in [1.54, 1.807) is 0 Å². The molecule has 0 amide bonds. The number of anilines is 1. The van der Waals surface area contributed by atoms with Crippen LogP contribution >= 0.6 is 0 Å². The molecule has 0 aliphatic carbocycles. The summed E-state index contributed by atoms with van der Waals surface area (Å²) in [5, 5.41) is 7.95. The Labute approximate surface area is 90.3 Å². The molecule has 2 aliphatic rings. The van der Waals surface area contributed by atoms with E-state index in [0.29, 0.717) is 0 Å². The van der Waals surface area contributed by atoms with Gasteiger partial charge in [0.2, 0.25) is 0 Å². The van der Waals surface area contributed by atoms with Gasteiger partial charge in [0.15, 0.2) is 0 Å². The Bertz CT molecular complexity index is 363. The summed E-state index contributed by atoms with van der Waals surface area (Å²) >= 11 is 0. The van der Waals surface area contributed by atoms with Crippen molar-refractivity contribution < 1.29 is 0 Å². The lowest BCUT2D eigenvalue weighted by atomic mass is 10.1. The third-order valence-corrected chi connectivity index (χ3v) is 3.45. The molecule has 3 rings (SSSR count). The molecule has 0 radical (unpaired) electrons. The summed E-state index contributed by atoms with van der Waals surface area (Å²) in [7, 11) is 2.07. The highest BCUT2D eigenvalue weighted by molar-refractivity contribution is 5.52. The molecular weight excluding hydrogens is 188 g/mol. The highest BCUT2D eigenvalue weighted by Crippen LogP contribution is 2.28. The topological polar surface area (TPSA) is 33.1 Å². The second-order valence-electron chi connectivity index (χ2n) is 4.52. The van der Waals surface area contributed by atoms with Gasteiger partial charge in [-0.15, -0.1) is 0 Å². The standard InChI is InChI=1S/C11H18N4/c1-14-11(15-5-3-2-4-6-15)9-7-12-8-10(9)13-14/h12H,2-8H2,1H3. The lowest BCUT2D eigenvalue weighted by Crippen LogP contribution is -2.32. The van der Waals surface area contributed by atoms with Gasteiger partial charge in [-0.05, 0) is 19.3 Å². The van der Waals surface area contributed by atoms with Crippen molar-refractivity contribution in [2.75, 3.05) is 18.0 Å². The van der Waals surface area contributed by atoms with Gasteiger partial charge in [-0.3, -0.25) is 4.68 Å². The fraction of sp³-hybridized carbons (Fsp3) is 0.727. The van der Waals surface area contributed by atoms with Crippen molar-refractivity contribution in [3.63, 3.8) is 0 Å². The number of piperidine rings is 1. The Kier molecular flexibility index (Phi) is 2.16. The molecule has 0 spiro atoms. The van der Waals surface area contributed by atoms with E-state index in [2.05, 4.69) is 27.0 Å². The molecule has 1 fully saturated rings. The van der Waals surface area contributed by atoms with E-state index in [1.165, 1.54) is 49.4 Å². The maximum atomic E-state index is 4.58. The van der Waals surface area contributed by atoms with Crippen LogP contribution in [0.15, 0.2) is 0 Å². The average Bonchev–Trinajstić information content (AvgIpc) is 2.78. The van der Waals surface area contributed by atoms with Crippen LogP contribution in [0.3, 0.4) is 0 Å². The van der Waals surface area contributed by atoms with Gasteiger partial charge in [0, 0.05) is 38.8 Å². The van der Waals surface area contributed by atoms with E-state index in [1.807, 2.05) is 0 Å². The van der Waals surface area contributed by atoms with Crippen molar-refractivity contribution in [3.05, 3.63) is 11.3 Å². The van der Waals surface area contributed by atoms with Crippen LogP contribution in [-0.4, -0.2) is 22.9 Å². The molecule has 4 nitrogen and oxygen atoms in total. The highest BCUT2D eigenvalue weighted by atomic mass is 15.4. The van der Waals surface area contributed by atoms with Crippen LogP contribution in [-0.2, 0) is 20.1 Å². The molecule has 15 heavy (non-hydrogen) atoms. The SMILES string of the molecule is Cn1nc2c(c1N1CCCCC1)CNC2. The summed E-state index contributed by atoms with van der Waals surface area (Å²) in [6.45, 7) is 4.34. The second kappa shape index (κ2) is 3.52. The van der Waals surface area contributed by atoms with Crippen LogP contribution < -0.4 is 10.2 Å². The fourth-order valence-corrected chi connectivity index (χ4v) is 2.74. The minimum absolute atomic E-state index is 0.941. The molecule has 82 valence electrons. The second-order valence-corrected chi connectivity index (χ2v) is 4.52. The lowest BCUT2D eigenvalue weighted by Gasteiger charge is -2.29. The number of hydrogen-bond acceptors (Lipinski definition) is 3. The van der Waals surface area contributed by atoms with E-state index in [0.717, 1.165) is 13.1 Å². The summed E-state index contributed by atoms with van der Waals surface area (Å²) in [4.78, 5) is 2.50. The van der Waals surface area contributed by atoms with Crippen LogP contribution in [0, 0.1) is 0 Å². The normalized spacial score (nSPS) is 20.7. The molecule has 0 aromatic carbocycles. The van der Waals surface area contributed by atoms with Crippen molar-refractivity contribution >= 4 is 5.82 Å². The Morgan fingerprint density at radius 3 is 2.73 bits per heavy atom. The average molecular weight is 206 g/mol. The molecule has 1 aromatic rings. The Morgan fingerprint density at radius 1 is 1.13 bits per heavy atom.